The van der Waals surface area contributed by atoms with Gasteiger partial charge in [0.2, 0.25) is 0 Å². The Bertz CT molecular complexity index is 384. The predicted octanol–water partition coefficient (Wildman–Crippen LogP) is 2.02. The zero-order chi connectivity index (χ0) is 11.7. The molecule has 1 aliphatic heterocycles. The Morgan fingerprint density at radius 2 is 2.31 bits per heavy atom. The maximum absolute atomic E-state index is 12.3. The fraction of sp³-hybridized carbons (Fsp3) is 0.455. The molecule has 0 spiro atoms. The number of hydrogen-bond acceptors (Lipinski definition) is 3. The van der Waals surface area contributed by atoms with Crippen molar-refractivity contribution in [3.63, 3.8) is 0 Å². The summed E-state index contributed by atoms with van der Waals surface area (Å²) in [5.41, 5.74) is 0.848. The molecule has 0 bridgehead atoms. The first-order chi connectivity index (χ1) is 7.58. The smallest absolute Gasteiger partial charge is 0.251 e. The highest BCUT2D eigenvalue weighted by Gasteiger charge is 2.28. The van der Waals surface area contributed by atoms with Crippen molar-refractivity contribution in [3.05, 3.63) is 23.8 Å². The third-order valence-corrected chi connectivity index (χ3v) is 2.71. The van der Waals surface area contributed by atoms with Crippen LogP contribution in [0, 0.1) is 0 Å². The molecule has 1 N–H and O–H groups in total. The summed E-state index contributed by atoms with van der Waals surface area (Å²) in [6.07, 6.45) is -2.36. The van der Waals surface area contributed by atoms with Gasteiger partial charge >= 0.3 is 0 Å². The fourth-order valence-electron chi connectivity index (χ4n) is 1.89. The molecule has 1 unspecified atom stereocenters. The van der Waals surface area contributed by atoms with Gasteiger partial charge in [0.15, 0.2) is 0 Å². The van der Waals surface area contributed by atoms with E-state index in [-0.39, 0.29) is 18.3 Å². The molecule has 0 fully saturated rings. The number of halogens is 2. The number of fused-ring (bicyclic) bond motifs is 1. The van der Waals surface area contributed by atoms with Crippen LogP contribution in [0.5, 0.6) is 11.5 Å². The van der Waals surface area contributed by atoms with Gasteiger partial charge in [-0.2, -0.15) is 0 Å². The van der Waals surface area contributed by atoms with E-state index in [1.807, 2.05) is 0 Å². The SMILES string of the molecule is CN(CC(F)F)C1COc2cc(O)ccc21. The largest absolute Gasteiger partial charge is 0.508 e. The van der Waals surface area contributed by atoms with Crippen LogP contribution >= 0.6 is 0 Å². The van der Waals surface area contributed by atoms with Crippen molar-refractivity contribution in [2.45, 2.75) is 12.5 Å². The van der Waals surface area contributed by atoms with Gasteiger partial charge in [0, 0.05) is 11.6 Å². The summed E-state index contributed by atoms with van der Waals surface area (Å²) < 4.78 is 29.9. The molecule has 88 valence electrons. The van der Waals surface area contributed by atoms with E-state index in [0.717, 1.165) is 5.56 Å². The molecule has 1 aromatic rings. The van der Waals surface area contributed by atoms with Crippen molar-refractivity contribution in [2.24, 2.45) is 0 Å². The van der Waals surface area contributed by atoms with E-state index in [4.69, 9.17) is 4.74 Å². The average Bonchev–Trinajstić information content (AvgIpc) is 2.59. The van der Waals surface area contributed by atoms with Crippen LogP contribution in [0.25, 0.3) is 0 Å². The molecule has 1 aliphatic rings. The summed E-state index contributed by atoms with van der Waals surface area (Å²) in [4.78, 5) is 1.56. The zero-order valence-corrected chi connectivity index (χ0v) is 8.86. The number of phenols is 1. The molecule has 0 saturated heterocycles. The van der Waals surface area contributed by atoms with Gasteiger partial charge in [-0.05, 0) is 19.2 Å². The number of nitrogens with zero attached hydrogens (tertiary/aromatic N) is 1. The van der Waals surface area contributed by atoms with Crippen LogP contribution in [-0.4, -0.2) is 36.6 Å². The predicted molar refractivity (Wildman–Crippen MR) is 55.0 cm³/mol. The first-order valence-corrected chi connectivity index (χ1v) is 5.02. The van der Waals surface area contributed by atoms with Gasteiger partial charge in [0.05, 0.1) is 12.6 Å². The number of phenolic OH excluding ortho intramolecular Hbond substituents is 1. The number of likely N-dealkylation sites (N-methyl/N-ethyl adjacent to an activating group) is 1. The van der Waals surface area contributed by atoms with Crippen molar-refractivity contribution in [3.8, 4) is 11.5 Å². The average molecular weight is 229 g/mol. The van der Waals surface area contributed by atoms with Crippen molar-refractivity contribution < 1.29 is 18.6 Å². The van der Waals surface area contributed by atoms with Crippen molar-refractivity contribution in [1.29, 1.82) is 0 Å². The second-order valence-electron chi connectivity index (χ2n) is 3.88. The molecule has 1 atom stereocenters. The molecule has 0 radical (unpaired) electrons. The summed E-state index contributed by atoms with van der Waals surface area (Å²) in [6, 6.07) is 4.59. The molecular weight excluding hydrogens is 216 g/mol. The Labute approximate surface area is 92.2 Å². The lowest BCUT2D eigenvalue weighted by atomic mass is 10.1. The third-order valence-electron chi connectivity index (χ3n) is 2.71. The third kappa shape index (κ3) is 2.09. The molecule has 0 aliphatic carbocycles. The minimum absolute atomic E-state index is 0.121. The first kappa shape index (κ1) is 11.1. The van der Waals surface area contributed by atoms with Crippen molar-refractivity contribution >= 4 is 0 Å². The van der Waals surface area contributed by atoms with Gasteiger partial charge in [0.25, 0.3) is 6.43 Å². The van der Waals surface area contributed by atoms with Crippen LogP contribution in [-0.2, 0) is 0 Å². The van der Waals surface area contributed by atoms with Crippen LogP contribution in [0.15, 0.2) is 18.2 Å². The number of alkyl halides is 2. The van der Waals surface area contributed by atoms with Gasteiger partial charge in [0.1, 0.15) is 18.1 Å². The lowest BCUT2D eigenvalue weighted by Crippen LogP contribution is -2.30. The van der Waals surface area contributed by atoms with Gasteiger partial charge in [-0.1, -0.05) is 0 Å². The maximum Gasteiger partial charge on any atom is 0.251 e. The van der Waals surface area contributed by atoms with Crippen LogP contribution in [0.3, 0.4) is 0 Å². The second-order valence-corrected chi connectivity index (χ2v) is 3.88. The lowest BCUT2D eigenvalue weighted by molar-refractivity contribution is 0.0745. The molecule has 2 rings (SSSR count). The Hall–Kier alpha value is -1.36. The summed E-state index contributed by atoms with van der Waals surface area (Å²) in [6.45, 7) is 0.0658. The number of aromatic hydroxyl groups is 1. The minimum atomic E-state index is -2.36. The van der Waals surface area contributed by atoms with E-state index in [0.29, 0.717) is 12.4 Å². The molecule has 0 amide bonds. The van der Waals surface area contributed by atoms with Crippen LogP contribution in [0.2, 0.25) is 0 Å². The van der Waals surface area contributed by atoms with E-state index in [1.165, 1.54) is 12.1 Å². The highest BCUT2D eigenvalue weighted by Crippen LogP contribution is 2.37. The Morgan fingerprint density at radius 3 is 3.00 bits per heavy atom. The van der Waals surface area contributed by atoms with E-state index in [9.17, 15) is 13.9 Å². The number of benzene rings is 1. The quantitative estimate of drug-likeness (QED) is 0.860. The zero-order valence-electron chi connectivity index (χ0n) is 8.86. The summed E-state index contributed by atoms with van der Waals surface area (Å²) >= 11 is 0. The topological polar surface area (TPSA) is 32.7 Å². The van der Waals surface area contributed by atoms with Gasteiger partial charge in [-0.25, -0.2) is 8.78 Å². The monoisotopic (exact) mass is 229 g/mol. The van der Waals surface area contributed by atoms with Crippen LogP contribution < -0.4 is 4.74 Å². The highest BCUT2D eigenvalue weighted by molar-refractivity contribution is 5.44. The van der Waals surface area contributed by atoms with E-state index in [1.54, 1.807) is 18.0 Å². The van der Waals surface area contributed by atoms with Crippen molar-refractivity contribution in [2.75, 3.05) is 20.2 Å². The molecule has 3 nitrogen and oxygen atoms in total. The van der Waals surface area contributed by atoms with Crippen LogP contribution in [0.4, 0.5) is 8.78 Å². The van der Waals surface area contributed by atoms with Crippen LogP contribution in [0.1, 0.15) is 11.6 Å². The molecule has 0 saturated carbocycles. The fourth-order valence-corrected chi connectivity index (χ4v) is 1.89. The number of ether oxygens (including phenoxy) is 1. The highest BCUT2D eigenvalue weighted by atomic mass is 19.3. The minimum Gasteiger partial charge on any atom is -0.508 e. The molecule has 1 aromatic carbocycles. The molecule has 0 aromatic heterocycles. The van der Waals surface area contributed by atoms with Gasteiger partial charge in [-0.3, -0.25) is 4.90 Å². The van der Waals surface area contributed by atoms with Crippen molar-refractivity contribution in [1.82, 2.24) is 4.90 Å². The molecular formula is C11H13F2NO2. The molecule has 16 heavy (non-hydrogen) atoms. The van der Waals surface area contributed by atoms with Gasteiger partial charge in [-0.15, -0.1) is 0 Å². The Kier molecular flexibility index (Phi) is 2.96. The number of hydrogen-bond donors (Lipinski definition) is 1. The Morgan fingerprint density at radius 1 is 1.56 bits per heavy atom. The summed E-state index contributed by atoms with van der Waals surface area (Å²) in [7, 11) is 1.64. The first-order valence-electron chi connectivity index (χ1n) is 5.02. The maximum atomic E-state index is 12.3. The standard InChI is InChI=1S/C11H13F2NO2/c1-14(5-11(12)13)9-6-16-10-4-7(15)2-3-8(9)10/h2-4,9,11,15H,5-6H2,1H3. The van der Waals surface area contributed by atoms with E-state index in [2.05, 4.69) is 0 Å². The summed E-state index contributed by atoms with van der Waals surface area (Å²) in [5, 5.41) is 9.25. The van der Waals surface area contributed by atoms with E-state index < -0.39 is 6.43 Å². The second kappa shape index (κ2) is 4.25. The summed E-state index contributed by atoms with van der Waals surface area (Å²) in [5.74, 6) is 0.696. The van der Waals surface area contributed by atoms with Gasteiger partial charge < -0.3 is 9.84 Å². The number of rotatable bonds is 3. The van der Waals surface area contributed by atoms with E-state index >= 15 is 0 Å². The Balaban J connectivity index is 2.17. The lowest BCUT2D eigenvalue weighted by Gasteiger charge is -2.22. The molecule has 5 heteroatoms. The normalized spacial score (nSPS) is 18.9. The molecule has 1 heterocycles.